The summed E-state index contributed by atoms with van der Waals surface area (Å²) in [5, 5.41) is 3.12. The van der Waals surface area contributed by atoms with Crippen LogP contribution in [0, 0.1) is 0 Å². The number of hydrogen-bond donors (Lipinski definition) is 1. The Labute approximate surface area is 104 Å². The zero-order valence-electron chi connectivity index (χ0n) is 9.72. The van der Waals surface area contributed by atoms with Crippen molar-refractivity contribution < 1.29 is 4.79 Å². The number of amides is 1. The summed E-state index contributed by atoms with van der Waals surface area (Å²) in [6.45, 7) is 4.96. The van der Waals surface area contributed by atoms with E-state index in [2.05, 4.69) is 28.2 Å². The second kappa shape index (κ2) is 4.24. The molecule has 1 aliphatic rings. The summed E-state index contributed by atoms with van der Waals surface area (Å²) >= 11 is 3.40. The molecule has 0 aliphatic heterocycles. The fourth-order valence-electron chi connectivity index (χ4n) is 2.10. The van der Waals surface area contributed by atoms with Gasteiger partial charge in [-0.25, -0.2) is 0 Å². The first-order valence-corrected chi connectivity index (χ1v) is 6.51. The second-order valence-electron chi connectivity index (χ2n) is 4.70. The number of hydrogen-bond acceptors (Lipinski definition) is 1. The van der Waals surface area contributed by atoms with Gasteiger partial charge in [-0.3, -0.25) is 4.79 Å². The Morgan fingerprint density at radius 2 is 2.31 bits per heavy atom. The van der Waals surface area contributed by atoms with Gasteiger partial charge in [-0.1, -0.05) is 0 Å². The van der Waals surface area contributed by atoms with Crippen LogP contribution in [0.25, 0.3) is 0 Å². The minimum atomic E-state index is 0.0202. The summed E-state index contributed by atoms with van der Waals surface area (Å²) in [5.74, 6) is 0.0368. The molecular weight excluding hydrogens is 268 g/mol. The predicted octanol–water partition coefficient (Wildman–Crippen LogP) is 2.94. The molecule has 1 fully saturated rings. The number of rotatable bonds is 3. The average molecular weight is 285 g/mol. The smallest absolute Gasteiger partial charge is 0.268 e. The van der Waals surface area contributed by atoms with Gasteiger partial charge in [0.2, 0.25) is 0 Å². The van der Waals surface area contributed by atoms with Crippen LogP contribution in [-0.2, 0) is 6.54 Å². The van der Waals surface area contributed by atoms with E-state index in [1.807, 2.05) is 23.8 Å². The lowest BCUT2D eigenvalue weighted by molar-refractivity contribution is 0.0841. The van der Waals surface area contributed by atoms with Crippen LogP contribution in [0.15, 0.2) is 16.7 Å². The highest BCUT2D eigenvalue weighted by molar-refractivity contribution is 9.10. The van der Waals surface area contributed by atoms with E-state index >= 15 is 0 Å². The molecule has 0 unspecified atom stereocenters. The minimum absolute atomic E-state index is 0.0202. The molecule has 1 N–H and O–H groups in total. The van der Waals surface area contributed by atoms with Gasteiger partial charge in [-0.2, -0.15) is 0 Å². The van der Waals surface area contributed by atoms with Crippen molar-refractivity contribution in [3.63, 3.8) is 0 Å². The van der Waals surface area contributed by atoms with Gasteiger partial charge in [0.15, 0.2) is 0 Å². The molecule has 0 spiro atoms. The van der Waals surface area contributed by atoms with Crippen molar-refractivity contribution >= 4 is 21.8 Å². The maximum atomic E-state index is 12.1. The van der Waals surface area contributed by atoms with E-state index < -0.39 is 0 Å². The monoisotopic (exact) mass is 284 g/mol. The molecule has 0 bridgehead atoms. The summed E-state index contributed by atoms with van der Waals surface area (Å²) < 4.78 is 2.92. The average Bonchev–Trinajstić information content (AvgIpc) is 2.57. The Balaban J connectivity index is 2.13. The van der Waals surface area contributed by atoms with E-state index in [1.165, 1.54) is 6.42 Å². The first kappa shape index (κ1) is 11.7. The van der Waals surface area contributed by atoms with E-state index in [9.17, 15) is 4.79 Å². The van der Waals surface area contributed by atoms with Gasteiger partial charge in [-0.15, -0.1) is 0 Å². The van der Waals surface area contributed by atoms with E-state index in [0.29, 0.717) is 0 Å². The molecule has 1 amide bonds. The van der Waals surface area contributed by atoms with Gasteiger partial charge in [0.25, 0.3) is 5.91 Å². The van der Waals surface area contributed by atoms with Crippen molar-refractivity contribution in [2.75, 3.05) is 0 Å². The highest BCUT2D eigenvalue weighted by Gasteiger charge is 2.33. The Kier molecular flexibility index (Phi) is 3.10. The normalized spacial score (nSPS) is 17.9. The topological polar surface area (TPSA) is 34.0 Å². The van der Waals surface area contributed by atoms with E-state index in [1.54, 1.807) is 0 Å². The third-order valence-corrected chi connectivity index (χ3v) is 3.74. The van der Waals surface area contributed by atoms with Crippen molar-refractivity contribution in [1.82, 2.24) is 9.88 Å². The standard InChI is InChI=1S/C12H17BrN2O/c1-3-15-8-9(13)7-10(15)11(16)14-12(2)5-4-6-12/h7-8H,3-6H2,1-2H3,(H,14,16). The SMILES string of the molecule is CCn1cc(Br)cc1C(=O)NC1(C)CCC1. The maximum absolute atomic E-state index is 12.1. The van der Waals surface area contributed by atoms with E-state index in [4.69, 9.17) is 0 Å². The molecule has 1 saturated carbocycles. The van der Waals surface area contributed by atoms with Crippen molar-refractivity contribution in [3.8, 4) is 0 Å². The fourth-order valence-corrected chi connectivity index (χ4v) is 2.56. The fraction of sp³-hybridized carbons (Fsp3) is 0.583. The molecule has 2 rings (SSSR count). The second-order valence-corrected chi connectivity index (χ2v) is 5.61. The molecule has 88 valence electrons. The predicted molar refractivity (Wildman–Crippen MR) is 67.5 cm³/mol. The Morgan fingerprint density at radius 1 is 1.62 bits per heavy atom. The minimum Gasteiger partial charge on any atom is -0.346 e. The van der Waals surface area contributed by atoms with Gasteiger partial charge in [0.05, 0.1) is 0 Å². The van der Waals surface area contributed by atoms with Crippen molar-refractivity contribution in [1.29, 1.82) is 0 Å². The molecule has 1 aromatic rings. The Hall–Kier alpha value is -0.770. The first-order chi connectivity index (χ1) is 7.54. The molecule has 0 atom stereocenters. The number of nitrogens with zero attached hydrogens (tertiary/aromatic N) is 1. The summed E-state index contributed by atoms with van der Waals surface area (Å²) in [5.41, 5.74) is 0.759. The van der Waals surface area contributed by atoms with Crippen molar-refractivity contribution in [3.05, 3.63) is 22.4 Å². The molecule has 1 aliphatic carbocycles. The number of carbonyl (C=O) groups is 1. The first-order valence-electron chi connectivity index (χ1n) is 5.72. The molecule has 1 heterocycles. The van der Waals surface area contributed by atoms with Crippen LogP contribution in [0.2, 0.25) is 0 Å². The summed E-state index contributed by atoms with van der Waals surface area (Å²) in [4.78, 5) is 12.1. The summed E-state index contributed by atoms with van der Waals surface area (Å²) in [6, 6.07) is 1.88. The number of nitrogens with one attached hydrogen (secondary N) is 1. The van der Waals surface area contributed by atoms with Crippen LogP contribution in [0.5, 0.6) is 0 Å². The largest absolute Gasteiger partial charge is 0.346 e. The molecule has 16 heavy (non-hydrogen) atoms. The summed E-state index contributed by atoms with van der Waals surface area (Å²) in [6.07, 6.45) is 5.34. The molecule has 4 heteroatoms. The quantitative estimate of drug-likeness (QED) is 0.910. The molecule has 0 radical (unpaired) electrons. The Bertz CT molecular complexity index is 407. The molecular formula is C12H17BrN2O. The van der Waals surface area contributed by atoms with Crippen LogP contribution < -0.4 is 5.32 Å². The lowest BCUT2D eigenvalue weighted by Gasteiger charge is -2.39. The van der Waals surface area contributed by atoms with E-state index in [0.717, 1.165) is 29.6 Å². The van der Waals surface area contributed by atoms with Gasteiger partial charge in [-0.05, 0) is 55.1 Å². The number of halogens is 1. The number of carbonyl (C=O) groups excluding carboxylic acids is 1. The van der Waals surface area contributed by atoms with Gasteiger partial charge in [0, 0.05) is 22.8 Å². The maximum Gasteiger partial charge on any atom is 0.268 e. The lowest BCUT2D eigenvalue weighted by Crippen LogP contribution is -2.51. The highest BCUT2D eigenvalue weighted by Crippen LogP contribution is 2.31. The van der Waals surface area contributed by atoms with Crippen LogP contribution in [0.1, 0.15) is 43.6 Å². The van der Waals surface area contributed by atoms with Crippen LogP contribution in [0.3, 0.4) is 0 Å². The van der Waals surface area contributed by atoms with Crippen molar-refractivity contribution in [2.24, 2.45) is 0 Å². The molecule has 0 aromatic carbocycles. The van der Waals surface area contributed by atoms with Crippen LogP contribution >= 0.6 is 15.9 Å². The third-order valence-electron chi connectivity index (χ3n) is 3.31. The molecule has 0 saturated heterocycles. The lowest BCUT2D eigenvalue weighted by atomic mass is 9.78. The van der Waals surface area contributed by atoms with Crippen molar-refractivity contribution in [2.45, 2.75) is 45.2 Å². The molecule has 3 nitrogen and oxygen atoms in total. The Morgan fingerprint density at radius 3 is 2.81 bits per heavy atom. The summed E-state index contributed by atoms with van der Waals surface area (Å²) in [7, 11) is 0. The zero-order chi connectivity index (χ0) is 11.8. The van der Waals surface area contributed by atoms with Gasteiger partial charge >= 0.3 is 0 Å². The van der Waals surface area contributed by atoms with Gasteiger partial charge in [0.1, 0.15) is 5.69 Å². The van der Waals surface area contributed by atoms with Gasteiger partial charge < -0.3 is 9.88 Å². The zero-order valence-corrected chi connectivity index (χ0v) is 11.3. The molecule has 1 aromatic heterocycles. The number of aryl methyl sites for hydroxylation is 1. The number of aromatic nitrogens is 1. The van der Waals surface area contributed by atoms with Crippen LogP contribution in [-0.4, -0.2) is 16.0 Å². The third kappa shape index (κ3) is 2.17. The van der Waals surface area contributed by atoms with E-state index in [-0.39, 0.29) is 11.4 Å². The van der Waals surface area contributed by atoms with Crippen LogP contribution in [0.4, 0.5) is 0 Å². The highest BCUT2D eigenvalue weighted by atomic mass is 79.9.